The number of anilines is 1. The Kier molecular flexibility index (Phi) is 5.56. The number of hydrogen-bond donors (Lipinski definition) is 1. The average Bonchev–Trinajstić information content (AvgIpc) is 2.56. The quantitative estimate of drug-likeness (QED) is 0.838. The number of nitriles is 1. The minimum absolute atomic E-state index is 0.0836. The second kappa shape index (κ2) is 7.62. The molecule has 0 fully saturated rings. The van der Waals surface area contributed by atoms with E-state index in [0.717, 1.165) is 0 Å². The van der Waals surface area contributed by atoms with Gasteiger partial charge in [-0.3, -0.25) is 9.59 Å². The van der Waals surface area contributed by atoms with E-state index in [9.17, 15) is 9.59 Å². The van der Waals surface area contributed by atoms with Crippen LogP contribution in [0.5, 0.6) is 5.75 Å². The van der Waals surface area contributed by atoms with Gasteiger partial charge in [0.25, 0.3) is 5.91 Å². The smallest absolute Gasteiger partial charge is 0.265 e. The molecule has 0 aliphatic rings. The minimum atomic E-state index is -0.809. The van der Waals surface area contributed by atoms with Crippen molar-refractivity contribution in [3.63, 3.8) is 0 Å². The molecule has 2 aromatic carbocycles. The Hall–Kier alpha value is -2.84. The van der Waals surface area contributed by atoms with E-state index in [1.807, 2.05) is 6.07 Å². The lowest BCUT2D eigenvalue weighted by atomic mass is 10.1. The first-order chi connectivity index (χ1) is 11.4. The van der Waals surface area contributed by atoms with Gasteiger partial charge < -0.3 is 10.1 Å². The lowest BCUT2D eigenvalue weighted by molar-refractivity contribution is -0.122. The van der Waals surface area contributed by atoms with Crippen LogP contribution in [0.4, 0.5) is 5.69 Å². The number of nitrogens with one attached hydrogen (secondary N) is 1. The van der Waals surface area contributed by atoms with Gasteiger partial charge in [-0.25, -0.2) is 0 Å². The van der Waals surface area contributed by atoms with Crippen LogP contribution in [0.2, 0.25) is 5.02 Å². The highest BCUT2D eigenvalue weighted by atomic mass is 35.5. The molecule has 0 bridgehead atoms. The van der Waals surface area contributed by atoms with Crippen LogP contribution in [-0.4, -0.2) is 17.8 Å². The van der Waals surface area contributed by atoms with Crippen LogP contribution in [0.15, 0.2) is 42.5 Å². The second-order valence-electron chi connectivity index (χ2n) is 5.14. The van der Waals surface area contributed by atoms with Gasteiger partial charge in [0.1, 0.15) is 5.75 Å². The Morgan fingerprint density at radius 1 is 1.25 bits per heavy atom. The maximum Gasteiger partial charge on any atom is 0.265 e. The molecule has 1 N–H and O–H groups in total. The summed E-state index contributed by atoms with van der Waals surface area (Å²) < 4.78 is 5.54. The molecule has 1 atom stereocenters. The third-order valence-corrected chi connectivity index (χ3v) is 3.57. The van der Waals surface area contributed by atoms with Crippen LogP contribution in [0.25, 0.3) is 0 Å². The number of carbonyl (C=O) groups excluding carboxylic acids is 2. The summed E-state index contributed by atoms with van der Waals surface area (Å²) in [5.74, 6) is -0.147. The van der Waals surface area contributed by atoms with E-state index < -0.39 is 6.10 Å². The van der Waals surface area contributed by atoms with Gasteiger partial charge in [0.15, 0.2) is 11.9 Å². The van der Waals surface area contributed by atoms with Gasteiger partial charge in [0, 0.05) is 11.3 Å². The molecule has 0 aliphatic carbocycles. The van der Waals surface area contributed by atoms with E-state index in [-0.39, 0.29) is 16.7 Å². The number of rotatable bonds is 5. The molecule has 0 aromatic heterocycles. The Morgan fingerprint density at radius 2 is 2.00 bits per heavy atom. The number of halogens is 1. The number of hydrogen-bond acceptors (Lipinski definition) is 4. The molecular formula is C18H15ClN2O3. The first-order valence-electron chi connectivity index (χ1n) is 7.19. The number of ketones is 1. The molecule has 0 spiro atoms. The number of Topliss-reactive ketones (excluding diaryl/α,β-unsaturated/α-hetero) is 1. The van der Waals surface area contributed by atoms with E-state index in [1.54, 1.807) is 43.3 Å². The summed E-state index contributed by atoms with van der Waals surface area (Å²) in [4.78, 5) is 23.6. The van der Waals surface area contributed by atoms with Gasteiger partial charge in [-0.05, 0) is 44.2 Å². The summed E-state index contributed by atoms with van der Waals surface area (Å²) in [6.07, 6.45) is -0.809. The fourth-order valence-corrected chi connectivity index (χ4v) is 2.19. The third kappa shape index (κ3) is 4.34. The second-order valence-corrected chi connectivity index (χ2v) is 5.55. The number of carbonyl (C=O) groups is 2. The van der Waals surface area contributed by atoms with Gasteiger partial charge in [0.2, 0.25) is 0 Å². The molecule has 0 saturated heterocycles. The summed E-state index contributed by atoms with van der Waals surface area (Å²) >= 11 is 6.03. The van der Waals surface area contributed by atoms with Gasteiger partial charge in [0.05, 0.1) is 16.7 Å². The molecule has 0 aliphatic heterocycles. The fraction of sp³-hybridized carbons (Fsp3) is 0.167. The number of nitrogens with zero attached hydrogens (tertiary/aromatic N) is 1. The predicted octanol–water partition coefficient (Wildman–Crippen LogP) is 3.82. The Balaban J connectivity index is 2.06. The van der Waals surface area contributed by atoms with Crippen molar-refractivity contribution in [1.82, 2.24) is 0 Å². The van der Waals surface area contributed by atoms with E-state index in [1.165, 1.54) is 13.0 Å². The monoisotopic (exact) mass is 342 g/mol. The summed E-state index contributed by atoms with van der Waals surface area (Å²) in [6, 6.07) is 13.2. The van der Waals surface area contributed by atoms with Crippen LogP contribution in [0.3, 0.4) is 0 Å². The zero-order valence-electron chi connectivity index (χ0n) is 13.2. The SMILES string of the molecule is CC(=O)c1cccc(NC(=O)[C@H](C)Oc2ccc(C#N)cc2Cl)c1. The predicted molar refractivity (Wildman–Crippen MR) is 91.3 cm³/mol. The molecular weight excluding hydrogens is 328 g/mol. The summed E-state index contributed by atoms with van der Waals surface area (Å²) in [5.41, 5.74) is 1.43. The highest BCUT2D eigenvalue weighted by molar-refractivity contribution is 6.32. The van der Waals surface area contributed by atoms with Crippen molar-refractivity contribution in [2.24, 2.45) is 0 Å². The molecule has 2 aromatic rings. The first kappa shape index (κ1) is 17.5. The van der Waals surface area contributed by atoms with Gasteiger partial charge in [-0.1, -0.05) is 23.7 Å². The molecule has 24 heavy (non-hydrogen) atoms. The zero-order valence-corrected chi connectivity index (χ0v) is 13.9. The highest BCUT2D eigenvalue weighted by Crippen LogP contribution is 2.26. The average molecular weight is 343 g/mol. The van der Waals surface area contributed by atoms with Crippen molar-refractivity contribution >= 4 is 29.0 Å². The van der Waals surface area contributed by atoms with Crippen LogP contribution >= 0.6 is 11.6 Å². The minimum Gasteiger partial charge on any atom is -0.479 e. The van der Waals surface area contributed by atoms with E-state index >= 15 is 0 Å². The van der Waals surface area contributed by atoms with Gasteiger partial charge >= 0.3 is 0 Å². The normalized spacial score (nSPS) is 11.2. The van der Waals surface area contributed by atoms with E-state index in [2.05, 4.69) is 5.32 Å². The Labute approximate surface area is 144 Å². The Morgan fingerprint density at radius 3 is 2.62 bits per heavy atom. The molecule has 1 amide bonds. The molecule has 5 nitrogen and oxygen atoms in total. The van der Waals surface area contributed by atoms with Crippen molar-refractivity contribution in [3.05, 3.63) is 58.6 Å². The molecule has 0 heterocycles. The van der Waals surface area contributed by atoms with Crippen molar-refractivity contribution < 1.29 is 14.3 Å². The van der Waals surface area contributed by atoms with E-state index in [4.69, 9.17) is 21.6 Å². The van der Waals surface area contributed by atoms with Crippen LogP contribution in [0.1, 0.15) is 29.8 Å². The standard InChI is InChI=1S/C18H15ClN2O3/c1-11(22)14-4-3-5-15(9-14)21-18(23)12(2)24-17-7-6-13(10-20)8-16(17)19/h3-9,12H,1-2H3,(H,21,23)/t12-/m0/s1. The largest absolute Gasteiger partial charge is 0.479 e. The van der Waals surface area contributed by atoms with Crippen LogP contribution in [0, 0.1) is 11.3 Å². The molecule has 0 unspecified atom stereocenters. The first-order valence-corrected chi connectivity index (χ1v) is 7.56. The van der Waals surface area contributed by atoms with E-state index in [0.29, 0.717) is 22.6 Å². The summed E-state index contributed by atoms with van der Waals surface area (Å²) in [7, 11) is 0. The van der Waals surface area contributed by atoms with Crippen molar-refractivity contribution in [1.29, 1.82) is 5.26 Å². The topological polar surface area (TPSA) is 79.2 Å². The van der Waals surface area contributed by atoms with Gasteiger partial charge in [-0.2, -0.15) is 5.26 Å². The summed E-state index contributed by atoms with van der Waals surface area (Å²) in [6.45, 7) is 3.04. The van der Waals surface area contributed by atoms with Gasteiger partial charge in [-0.15, -0.1) is 0 Å². The lowest BCUT2D eigenvalue weighted by Gasteiger charge is -2.16. The maximum atomic E-state index is 12.2. The fourth-order valence-electron chi connectivity index (χ4n) is 1.97. The van der Waals surface area contributed by atoms with Crippen molar-refractivity contribution in [2.45, 2.75) is 20.0 Å². The van der Waals surface area contributed by atoms with Crippen LogP contribution < -0.4 is 10.1 Å². The lowest BCUT2D eigenvalue weighted by Crippen LogP contribution is -2.30. The molecule has 6 heteroatoms. The number of ether oxygens (including phenoxy) is 1. The number of amides is 1. The molecule has 2 rings (SSSR count). The van der Waals surface area contributed by atoms with Crippen molar-refractivity contribution in [3.8, 4) is 11.8 Å². The maximum absolute atomic E-state index is 12.2. The zero-order chi connectivity index (χ0) is 17.7. The highest BCUT2D eigenvalue weighted by Gasteiger charge is 2.17. The molecule has 0 radical (unpaired) electrons. The van der Waals surface area contributed by atoms with Crippen LogP contribution in [-0.2, 0) is 4.79 Å². The Bertz CT molecular complexity index is 827. The van der Waals surface area contributed by atoms with Crippen molar-refractivity contribution in [2.75, 3.05) is 5.32 Å². The molecule has 122 valence electrons. The number of benzene rings is 2. The molecule has 0 saturated carbocycles. The summed E-state index contributed by atoms with van der Waals surface area (Å²) in [5, 5.41) is 11.8. The third-order valence-electron chi connectivity index (χ3n) is 3.27.